The number of nitrogens with zero attached hydrogens (tertiary/aromatic N) is 1. The molecule has 0 radical (unpaired) electrons. The summed E-state index contributed by atoms with van der Waals surface area (Å²) in [6, 6.07) is 19.0. The maximum absolute atomic E-state index is 6.26. The average Bonchev–Trinajstić information content (AvgIpc) is 3.19. The number of hydrogen-bond acceptors (Lipinski definition) is 3. The minimum absolute atomic E-state index is 0.176. The first-order chi connectivity index (χ1) is 13.8. The minimum atomic E-state index is 0.176. The highest BCUT2D eigenvalue weighted by Gasteiger charge is 2.36. The van der Waals surface area contributed by atoms with Crippen LogP contribution in [0.2, 0.25) is 0 Å². The summed E-state index contributed by atoms with van der Waals surface area (Å²) < 4.78 is 11.9. The predicted molar refractivity (Wildman–Crippen MR) is 115 cm³/mol. The Kier molecular flexibility index (Phi) is 5.63. The van der Waals surface area contributed by atoms with Crippen molar-refractivity contribution >= 4 is 11.0 Å². The Bertz CT molecular complexity index is 964. The molecule has 1 aliphatic rings. The number of furan rings is 1. The molecular weight excluding hydrogens is 346 g/mol. The fourth-order valence-corrected chi connectivity index (χ4v) is 3.84. The van der Waals surface area contributed by atoms with E-state index in [-0.39, 0.29) is 12.1 Å². The van der Waals surface area contributed by atoms with Gasteiger partial charge in [0.25, 0.3) is 0 Å². The lowest BCUT2D eigenvalue weighted by Crippen LogP contribution is -2.55. The third-order valence-electron chi connectivity index (χ3n) is 5.29. The van der Waals surface area contributed by atoms with Gasteiger partial charge in [-0.2, -0.15) is 0 Å². The number of likely N-dealkylation sites (tertiary alicyclic amines) is 1. The molecule has 0 saturated carbocycles. The van der Waals surface area contributed by atoms with Gasteiger partial charge in [0.1, 0.15) is 6.10 Å². The van der Waals surface area contributed by atoms with Crippen LogP contribution in [0, 0.1) is 0 Å². The average molecular weight is 373 g/mol. The molecule has 0 amide bonds. The lowest BCUT2D eigenvalue weighted by Gasteiger charge is -2.44. The van der Waals surface area contributed by atoms with Crippen molar-refractivity contribution in [3.8, 4) is 5.75 Å². The summed E-state index contributed by atoms with van der Waals surface area (Å²) in [5, 5.41) is 1.08. The molecule has 4 rings (SSSR count). The van der Waals surface area contributed by atoms with Crippen molar-refractivity contribution in [2.75, 3.05) is 13.1 Å². The molecule has 1 aliphatic heterocycles. The van der Waals surface area contributed by atoms with Gasteiger partial charge in [-0.15, -0.1) is 0 Å². The molecule has 1 saturated heterocycles. The molecule has 144 valence electrons. The summed E-state index contributed by atoms with van der Waals surface area (Å²) in [6.45, 7) is 6.09. The standard InChI is InChI=1S/C25H27NO2/c1-3-5-10-19(4-2)24(20-11-7-6-8-12-20)26-17-22(18-26)28-23-14-9-13-21-15-16-27-25(21)23/h4-16,22,24H,3,17-18H2,1-2H3/b10-5-,19-4+. The van der Waals surface area contributed by atoms with Crippen LogP contribution in [-0.4, -0.2) is 24.1 Å². The van der Waals surface area contributed by atoms with E-state index in [1.807, 2.05) is 24.3 Å². The van der Waals surface area contributed by atoms with Gasteiger partial charge >= 0.3 is 0 Å². The van der Waals surface area contributed by atoms with Gasteiger partial charge < -0.3 is 9.15 Å². The number of para-hydroxylation sites is 1. The van der Waals surface area contributed by atoms with Gasteiger partial charge in [-0.05, 0) is 36.6 Å². The Balaban J connectivity index is 1.50. The zero-order chi connectivity index (χ0) is 19.3. The molecule has 1 aromatic heterocycles. The highest BCUT2D eigenvalue weighted by Crippen LogP contribution is 2.35. The number of rotatable bonds is 7. The molecule has 28 heavy (non-hydrogen) atoms. The third-order valence-corrected chi connectivity index (χ3v) is 5.29. The molecule has 0 aliphatic carbocycles. The second-order valence-corrected chi connectivity index (χ2v) is 7.20. The first-order valence-corrected chi connectivity index (χ1v) is 10.0. The lowest BCUT2D eigenvalue weighted by atomic mass is 9.93. The van der Waals surface area contributed by atoms with E-state index in [9.17, 15) is 0 Å². The number of benzene rings is 2. The Hall–Kier alpha value is -2.78. The second kappa shape index (κ2) is 8.49. The van der Waals surface area contributed by atoms with Gasteiger partial charge in [0.15, 0.2) is 11.3 Å². The number of fused-ring (bicyclic) bond motifs is 1. The Morgan fingerprint density at radius 2 is 1.96 bits per heavy atom. The molecule has 3 nitrogen and oxygen atoms in total. The molecule has 1 fully saturated rings. The van der Waals surface area contributed by atoms with E-state index in [2.05, 4.69) is 67.3 Å². The summed E-state index contributed by atoms with van der Waals surface area (Å²) in [5.74, 6) is 0.834. The first-order valence-electron chi connectivity index (χ1n) is 10.0. The van der Waals surface area contributed by atoms with E-state index in [1.54, 1.807) is 6.26 Å². The van der Waals surface area contributed by atoms with Crippen LogP contribution < -0.4 is 4.74 Å². The molecule has 0 bridgehead atoms. The van der Waals surface area contributed by atoms with Crippen molar-refractivity contribution < 1.29 is 9.15 Å². The van der Waals surface area contributed by atoms with E-state index >= 15 is 0 Å². The van der Waals surface area contributed by atoms with Crippen LogP contribution in [0.5, 0.6) is 5.75 Å². The van der Waals surface area contributed by atoms with Gasteiger partial charge in [-0.3, -0.25) is 4.90 Å². The monoisotopic (exact) mass is 373 g/mol. The molecule has 1 unspecified atom stereocenters. The van der Waals surface area contributed by atoms with Crippen molar-refractivity contribution in [3.63, 3.8) is 0 Å². The van der Waals surface area contributed by atoms with Gasteiger partial charge in [0, 0.05) is 18.5 Å². The molecule has 1 atom stereocenters. The number of allylic oxidation sites excluding steroid dienone is 2. The second-order valence-electron chi connectivity index (χ2n) is 7.20. The largest absolute Gasteiger partial charge is 0.484 e. The van der Waals surface area contributed by atoms with Crippen LogP contribution in [-0.2, 0) is 0 Å². The molecule has 3 heteroatoms. The molecule has 2 heterocycles. The number of ether oxygens (including phenoxy) is 1. The molecule has 0 spiro atoms. The SMILES string of the molecule is C/C=C(\C=C/CC)C(c1ccccc1)N1CC(Oc2cccc3ccoc23)C1. The van der Waals surface area contributed by atoms with Crippen molar-refractivity contribution in [1.82, 2.24) is 4.90 Å². The summed E-state index contributed by atoms with van der Waals surface area (Å²) >= 11 is 0. The van der Waals surface area contributed by atoms with Crippen LogP contribution in [0.25, 0.3) is 11.0 Å². The summed E-state index contributed by atoms with van der Waals surface area (Å²) in [6.07, 6.45) is 9.65. The van der Waals surface area contributed by atoms with E-state index in [4.69, 9.17) is 9.15 Å². The van der Waals surface area contributed by atoms with E-state index in [0.29, 0.717) is 0 Å². The first kappa shape index (κ1) is 18.6. The minimum Gasteiger partial charge on any atom is -0.484 e. The van der Waals surface area contributed by atoms with Crippen LogP contribution in [0.1, 0.15) is 31.9 Å². The fraction of sp³-hybridized carbons (Fsp3) is 0.280. The Morgan fingerprint density at radius 3 is 2.71 bits per heavy atom. The van der Waals surface area contributed by atoms with Gasteiger partial charge in [0.2, 0.25) is 0 Å². The number of hydrogen-bond donors (Lipinski definition) is 0. The quantitative estimate of drug-likeness (QED) is 0.465. The third kappa shape index (κ3) is 3.76. The van der Waals surface area contributed by atoms with E-state index < -0.39 is 0 Å². The summed E-state index contributed by atoms with van der Waals surface area (Å²) in [5.41, 5.74) is 3.49. The predicted octanol–water partition coefficient (Wildman–Crippen LogP) is 6.15. The van der Waals surface area contributed by atoms with Crippen LogP contribution in [0.3, 0.4) is 0 Å². The smallest absolute Gasteiger partial charge is 0.175 e. The van der Waals surface area contributed by atoms with Crippen LogP contribution in [0.15, 0.2) is 89.1 Å². The molecule has 2 aromatic carbocycles. The van der Waals surface area contributed by atoms with Gasteiger partial charge in [0.05, 0.1) is 12.3 Å². The lowest BCUT2D eigenvalue weighted by molar-refractivity contribution is 0.000415. The van der Waals surface area contributed by atoms with Gasteiger partial charge in [-0.1, -0.05) is 67.6 Å². The zero-order valence-electron chi connectivity index (χ0n) is 16.5. The Labute approximate surface area is 166 Å². The van der Waals surface area contributed by atoms with Crippen LogP contribution in [0.4, 0.5) is 0 Å². The maximum atomic E-state index is 6.26. The Morgan fingerprint density at radius 1 is 1.14 bits per heavy atom. The zero-order valence-corrected chi connectivity index (χ0v) is 16.5. The van der Waals surface area contributed by atoms with E-state index in [0.717, 1.165) is 36.2 Å². The van der Waals surface area contributed by atoms with Crippen molar-refractivity contribution in [3.05, 3.63) is 90.2 Å². The van der Waals surface area contributed by atoms with Gasteiger partial charge in [-0.25, -0.2) is 0 Å². The molecule has 3 aromatic rings. The highest BCUT2D eigenvalue weighted by atomic mass is 16.5. The molecule has 0 N–H and O–H groups in total. The maximum Gasteiger partial charge on any atom is 0.175 e. The highest BCUT2D eigenvalue weighted by molar-refractivity contribution is 5.82. The normalized spacial score (nSPS) is 17.1. The molecular formula is C25H27NO2. The van der Waals surface area contributed by atoms with Crippen molar-refractivity contribution in [2.45, 2.75) is 32.4 Å². The summed E-state index contributed by atoms with van der Waals surface area (Å²) in [7, 11) is 0. The van der Waals surface area contributed by atoms with Crippen molar-refractivity contribution in [2.24, 2.45) is 0 Å². The fourth-order valence-electron chi connectivity index (χ4n) is 3.84. The van der Waals surface area contributed by atoms with Crippen molar-refractivity contribution in [1.29, 1.82) is 0 Å². The van der Waals surface area contributed by atoms with Crippen LogP contribution >= 0.6 is 0 Å². The topological polar surface area (TPSA) is 25.6 Å². The van der Waals surface area contributed by atoms with E-state index in [1.165, 1.54) is 11.1 Å². The summed E-state index contributed by atoms with van der Waals surface area (Å²) in [4.78, 5) is 2.48.